The zero-order chi connectivity index (χ0) is 27.4. The van der Waals surface area contributed by atoms with Gasteiger partial charge in [0, 0.05) is 11.3 Å². The number of aromatic hydroxyl groups is 1. The molecule has 0 fully saturated rings. The molecule has 0 aliphatic carbocycles. The fraction of sp³-hybridized carbons (Fsp3) is 0.0385. The van der Waals surface area contributed by atoms with Gasteiger partial charge in [-0.05, 0) is 77.9 Å². The van der Waals surface area contributed by atoms with Gasteiger partial charge in [0.25, 0.3) is 17.2 Å². The van der Waals surface area contributed by atoms with Crippen LogP contribution in [0.5, 0.6) is 11.5 Å². The Morgan fingerprint density at radius 3 is 2.00 bits per heavy atom. The Balaban J connectivity index is 1.51. The number of hydrogen-bond acceptors (Lipinski definition) is 4. The van der Waals surface area contributed by atoms with E-state index in [1.807, 2.05) is 0 Å². The Labute approximate surface area is 216 Å². The van der Waals surface area contributed by atoms with Crippen LogP contribution in [0.3, 0.4) is 0 Å². The van der Waals surface area contributed by atoms with Crippen LogP contribution in [0.4, 0.5) is 34.6 Å². The minimum Gasteiger partial charge on any atom is -0.506 e. The van der Waals surface area contributed by atoms with Crippen molar-refractivity contribution < 1.29 is 41.0 Å². The van der Waals surface area contributed by atoms with Crippen LogP contribution in [0.2, 0.25) is 0 Å². The summed E-state index contributed by atoms with van der Waals surface area (Å²) in [4.78, 5) is 12.8. The molecule has 1 amide bonds. The minimum atomic E-state index is -4.79. The molecule has 4 aromatic carbocycles. The molecular formula is C26H18F4N2O5S. The highest BCUT2D eigenvalue weighted by Gasteiger charge is 2.31. The van der Waals surface area contributed by atoms with Crippen LogP contribution in [0.1, 0.15) is 10.4 Å². The lowest BCUT2D eigenvalue weighted by Gasteiger charge is -2.21. The summed E-state index contributed by atoms with van der Waals surface area (Å²) in [5, 5.41) is 12.9. The van der Waals surface area contributed by atoms with Gasteiger partial charge in [0.15, 0.2) is 0 Å². The van der Waals surface area contributed by atoms with Crippen LogP contribution < -0.4 is 14.4 Å². The number of ether oxygens (including phenoxy) is 1. The highest BCUT2D eigenvalue weighted by atomic mass is 32.2. The summed E-state index contributed by atoms with van der Waals surface area (Å²) in [6.45, 7) is 0. The third kappa shape index (κ3) is 6.47. The van der Waals surface area contributed by atoms with Crippen molar-refractivity contribution in [3.05, 3.63) is 102 Å². The fourth-order valence-corrected chi connectivity index (χ4v) is 4.14. The summed E-state index contributed by atoms with van der Waals surface area (Å²) in [7, 11) is 0. The van der Waals surface area contributed by atoms with Gasteiger partial charge in [-0.2, -0.15) is 0 Å². The molecule has 7 nitrogen and oxygen atoms in total. The van der Waals surface area contributed by atoms with Gasteiger partial charge in [0.05, 0.1) is 5.69 Å². The average Bonchev–Trinajstić information content (AvgIpc) is 2.86. The number of anilines is 3. The Morgan fingerprint density at radius 1 is 0.868 bits per heavy atom. The maximum atomic E-state index is 13.3. The van der Waals surface area contributed by atoms with Gasteiger partial charge < -0.3 is 15.2 Å². The van der Waals surface area contributed by atoms with Crippen LogP contribution in [-0.4, -0.2) is 26.1 Å². The Morgan fingerprint density at radius 2 is 1.45 bits per heavy atom. The Kier molecular flexibility index (Phi) is 7.65. The molecule has 0 heterocycles. The van der Waals surface area contributed by atoms with Gasteiger partial charge in [-0.25, -0.2) is 12.9 Å². The first kappa shape index (κ1) is 26.6. The van der Waals surface area contributed by atoms with Gasteiger partial charge in [-0.15, -0.1) is 13.2 Å². The van der Waals surface area contributed by atoms with E-state index in [1.165, 1.54) is 66.7 Å². The molecule has 0 aliphatic heterocycles. The molecule has 0 bridgehead atoms. The summed E-state index contributed by atoms with van der Waals surface area (Å²) in [5.41, 5.74) is 1.72. The quantitative estimate of drug-likeness (QED) is 0.137. The molecule has 0 radical (unpaired) electrons. The third-order valence-corrected chi connectivity index (χ3v) is 5.96. The van der Waals surface area contributed by atoms with Crippen molar-refractivity contribution in [2.45, 2.75) is 6.36 Å². The van der Waals surface area contributed by atoms with E-state index < -0.39 is 29.4 Å². The van der Waals surface area contributed by atoms with Gasteiger partial charge in [0.2, 0.25) is 0 Å². The maximum absolute atomic E-state index is 13.3. The molecule has 0 saturated heterocycles. The molecule has 12 heteroatoms. The number of carbonyl (C=O) groups excluding carboxylic acids is 1. The number of rotatable bonds is 7. The highest BCUT2D eigenvalue weighted by molar-refractivity contribution is 7.81. The highest BCUT2D eigenvalue weighted by Crippen LogP contribution is 2.36. The smallest absolute Gasteiger partial charge is 0.506 e. The summed E-state index contributed by atoms with van der Waals surface area (Å²) in [6.07, 6.45) is -4.79. The molecule has 38 heavy (non-hydrogen) atoms. The summed E-state index contributed by atoms with van der Waals surface area (Å²) < 4.78 is 76.8. The van der Waals surface area contributed by atoms with E-state index >= 15 is 0 Å². The van der Waals surface area contributed by atoms with Gasteiger partial charge in [-0.3, -0.25) is 9.35 Å². The Bertz CT molecular complexity index is 1460. The number of phenolic OH excluding ortho intramolecular Hbond substituents is 1. The van der Waals surface area contributed by atoms with Crippen LogP contribution in [-0.2, 0) is 11.3 Å². The second-order valence-corrected chi connectivity index (χ2v) is 8.64. The van der Waals surface area contributed by atoms with Crippen molar-refractivity contribution in [1.29, 1.82) is 0 Å². The maximum Gasteiger partial charge on any atom is 0.573 e. The first-order chi connectivity index (χ1) is 18.0. The average molecular weight is 546 g/mol. The molecule has 3 N–H and O–H groups in total. The van der Waals surface area contributed by atoms with E-state index in [9.17, 15) is 36.2 Å². The van der Waals surface area contributed by atoms with Crippen molar-refractivity contribution in [2.75, 3.05) is 9.62 Å². The molecule has 196 valence electrons. The molecule has 0 aromatic heterocycles. The van der Waals surface area contributed by atoms with E-state index in [4.69, 9.17) is 0 Å². The third-order valence-electron chi connectivity index (χ3n) is 5.24. The van der Waals surface area contributed by atoms with Crippen LogP contribution >= 0.6 is 0 Å². The number of halogens is 4. The lowest BCUT2D eigenvalue weighted by Crippen LogP contribution is -2.20. The lowest BCUT2D eigenvalue weighted by atomic mass is 10.0. The van der Waals surface area contributed by atoms with Crippen LogP contribution in [0.25, 0.3) is 11.1 Å². The molecule has 0 aliphatic rings. The molecule has 4 rings (SSSR count). The molecule has 4 aromatic rings. The number of hydrogen-bond donors (Lipinski definition) is 3. The summed E-state index contributed by atoms with van der Waals surface area (Å²) >= 11 is -2.63. The van der Waals surface area contributed by atoms with Crippen LogP contribution in [0, 0.1) is 5.82 Å². The van der Waals surface area contributed by atoms with E-state index in [1.54, 1.807) is 12.1 Å². The van der Waals surface area contributed by atoms with Gasteiger partial charge in [0.1, 0.15) is 23.0 Å². The molecule has 0 saturated carbocycles. The molecule has 1 unspecified atom stereocenters. The van der Waals surface area contributed by atoms with Crippen molar-refractivity contribution in [3.63, 3.8) is 0 Å². The molecular weight excluding hydrogens is 528 g/mol. The van der Waals surface area contributed by atoms with E-state index in [0.29, 0.717) is 11.1 Å². The predicted octanol–water partition coefficient (Wildman–Crippen LogP) is 6.62. The topological polar surface area (TPSA) is 99.1 Å². The number of nitrogens with zero attached hydrogens (tertiary/aromatic N) is 1. The monoisotopic (exact) mass is 546 g/mol. The number of alkyl halides is 3. The second kappa shape index (κ2) is 10.9. The largest absolute Gasteiger partial charge is 0.573 e. The lowest BCUT2D eigenvalue weighted by molar-refractivity contribution is -0.274. The predicted molar refractivity (Wildman–Crippen MR) is 134 cm³/mol. The number of nitrogens with one attached hydrogen (secondary N) is 1. The summed E-state index contributed by atoms with van der Waals surface area (Å²) in [5.74, 6) is -1.79. The number of benzene rings is 4. The SMILES string of the molecule is O=C(Nc1ccc(O)c(N(c2ccc(F)cc2)S(=O)O)c1)c1ccc(-c2ccc(OC(F)(F)F)cc2)cc1. The molecule has 1 atom stereocenters. The van der Waals surface area contributed by atoms with Gasteiger partial charge >= 0.3 is 6.36 Å². The van der Waals surface area contributed by atoms with Crippen molar-refractivity contribution in [2.24, 2.45) is 0 Å². The first-order valence-electron chi connectivity index (χ1n) is 10.8. The van der Waals surface area contributed by atoms with E-state index in [-0.39, 0.29) is 34.1 Å². The first-order valence-corrected chi connectivity index (χ1v) is 11.8. The number of amides is 1. The van der Waals surface area contributed by atoms with E-state index in [0.717, 1.165) is 16.4 Å². The number of phenols is 1. The van der Waals surface area contributed by atoms with Crippen molar-refractivity contribution in [1.82, 2.24) is 0 Å². The minimum absolute atomic E-state index is 0.108. The standard InChI is InChI=1S/C26H18F4N2O5S/c27-19-7-10-21(11-8-19)32(38(35)36)23-15-20(9-14-24(23)33)31-25(34)18-3-1-16(2-4-18)17-5-12-22(13-6-17)37-26(28,29)30/h1-15,33H,(H,31,34)(H,35,36). The second-order valence-electron chi connectivity index (χ2n) is 7.81. The normalized spacial score (nSPS) is 12.0. The van der Waals surface area contributed by atoms with Gasteiger partial charge in [-0.1, -0.05) is 24.3 Å². The fourth-order valence-electron chi connectivity index (χ4n) is 3.52. The van der Waals surface area contributed by atoms with Crippen molar-refractivity contribution >= 4 is 34.2 Å². The molecule has 0 spiro atoms. The summed E-state index contributed by atoms with van der Waals surface area (Å²) in [6, 6.07) is 20.1. The van der Waals surface area contributed by atoms with Crippen molar-refractivity contribution in [3.8, 4) is 22.6 Å². The zero-order valence-electron chi connectivity index (χ0n) is 19.1. The number of carbonyl (C=O) groups is 1. The van der Waals surface area contributed by atoms with E-state index in [2.05, 4.69) is 10.1 Å². The van der Waals surface area contributed by atoms with Crippen LogP contribution in [0.15, 0.2) is 91.0 Å². The zero-order valence-corrected chi connectivity index (χ0v) is 20.0. The Hall–Kier alpha value is -4.42.